The van der Waals surface area contributed by atoms with Gasteiger partial charge in [0.25, 0.3) is 0 Å². The fourth-order valence-corrected chi connectivity index (χ4v) is 1.78. The molecule has 0 aliphatic rings. The largest absolute Gasteiger partial charge is 0.240 e. The normalized spacial score (nSPS) is 9.26. The van der Waals surface area contributed by atoms with E-state index in [2.05, 4.69) is 4.99 Å². The molecule has 2 aromatic carbocycles. The number of rotatable bonds is 4. The molecule has 0 fully saturated rings. The second kappa shape index (κ2) is 6.27. The van der Waals surface area contributed by atoms with E-state index in [-0.39, 0.29) is 0 Å². The highest BCUT2D eigenvalue weighted by molar-refractivity contribution is 5.74. The summed E-state index contributed by atoms with van der Waals surface area (Å²) in [7, 11) is 0. The predicted octanol–water partition coefficient (Wildman–Crippen LogP) is 3.09. The smallest absolute Gasteiger partial charge is 0.233 e. The van der Waals surface area contributed by atoms with Gasteiger partial charge in [-0.05, 0) is 35.2 Å². The number of nitrogens with zero attached hydrogens (tertiary/aromatic N) is 1. The summed E-state index contributed by atoms with van der Waals surface area (Å²) in [6, 6.07) is 15.1. The lowest BCUT2D eigenvalue weighted by Crippen LogP contribution is -1.87. The van der Waals surface area contributed by atoms with E-state index in [9.17, 15) is 9.59 Å². The van der Waals surface area contributed by atoms with Gasteiger partial charge in [0.15, 0.2) is 0 Å². The van der Waals surface area contributed by atoms with Crippen LogP contribution in [0.1, 0.15) is 16.7 Å². The van der Waals surface area contributed by atoms with E-state index in [1.807, 2.05) is 36.4 Å². The van der Waals surface area contributed by atoms with Gasteiger partial charge < -0.3 is 0 Å². The highest BCUT2D eigenvalue weighted by Crippen LogP contribution is 2.15. The first-order valence-electron chi connectivity index (χ1n) is 5.78. The minimum absolute atomic E-state index is 0.602. The Morgan fingerprint density at radius 3 is 2.00 bits per heavy atom. The van der Waals surface area contributed by atoms with Crippen molar-refractivity contribution >= 4 is 23.8 Å². The number of benzene rings is 2. The fourth-order valence-electron chi connectivity index (χ4n) is 1.78. The number of hydrogen-bond acceptors (Lipinski definition) is 3. The Labute approximate surface area is 110 Å². The average molecular weight is 249 g/mol. The lowest BCUT2D eigenvalue weighted by atomic mass is 10.0. The molecule has 0 aromatic heterocycles. The van der Waals surface area contributed by atoms with E-state index >= 15 is 0 Å². The predicted molar refractivity (Wildman–Crippen MR) is 73.6 cm³/mol. The van der Waals surface area contributed by atoms with Crippen molar-refractivity contribution in [3.8, 4) is 0 Å². The Bertz CT molecular complexity index is 585. The van der Waals surface area contributed by atoms with Crippen molar-refractivity contribution < 1.29 is 9.59 Å². The molecule has 0 bridgehead atoms. The van der Waals surface area contributed by atoms with Crippen LogP contribution in [0.4, 0.5) is 5.69 Å². The molecule has 19 heavy (non-hydrogen) atoms. The van der Waals surface area contributed by atoms with Crippen molar-refractivity contribution in [3.05, 3.63) is 65.2 Å². The Kier molecular flexibility index (Phi) is 4.20. The van der Waals surface area contributed by atoms with E-state index in [0.29, 0.717) is 5.69 Å². The summed E-state index contributed by atoms with van der Waals surface area (Å²) in [6.45, 7) is 0. The van der Waals surface area contributed by atoms with Crippen LogP contribution in [0.15, 0.2) is 53.5 Å². The van der Waals surface area contributed by atoms with Crippen molar-refractivity contribution in [1.29, 1.82) is 0 Å². The topological polar surface area (TPSA) is 46.5 Å². The minimum atomic E-state index is 0.602. The Hall–Kier alpha value is -2.73. The molecule has 3 heteroatoms. The van der Waals surface area contributed by atoms with E-state index < -0.39 is 0 Å². The van der Waals surface area contributed by atoms with Crippen LogP contribution in [0.2, 0.25) is 0 Å². The summed E-state index contributed by atoms with van der Waals surface area (Å²) in [4.78, 5) is 23.9. The van der Waals surface area contributed by atoms with Gasteiger partial charge in [-0.2, -0.15) is 4.99 Å². The van der Waals surface area contributed by atoms with Gasteiger partial charge in [-0.15, -0.1) is 0 Å². The number of hydrogen-bond donors (Lipinski definition) is 0. The zero-order valence-corrected chi connectivity index (χ0v) is 10.2. The summed E-state index contributed by atoms with van der Waals surface area (Å²) >= 11 is 0. The van der Waals surface area contributed by atoms with Crippen molar-refractivity contribution in [2.75, 3.05) is 0 Å². The van der Waals surface area contributed by atoms with E-state index in [0.717, 1.165) is 23.1 Å². The molecule has 0 heterocycles. The molecule has 0 saturated carbocycles. The van der Waals surface area contributed by atoms with Gasteiger partial charge in [-0.1, -0.05) is 36.4 Å². The summed E-state index contributed by atoms with van der Waals surface area (Å²) in [5, 5.41) is 0. The molecule has 0 unspecified atom stereocenters. The van der Waals surface area contributed by atoms with Crippen LogP contribution in [0.5, 0.6) is 0 Å². The molecule has 0 amide bonds. The van der Waals surface area contributed by atoms with Gasteiger partial charge in [-0.25, -0.2) is 9.59 Å². The first-order valence-corrected chi connectivity index (χ1v) is 5.78. The maximum Gasteiger partial charge on any atom is 0.240 e. The van der Waals surface area contributed by atoms with Crippen LogP contribution in [-0.2, 0) is 16.0 Å². The minimum Gasteiger partial charge on any atom is -0.233 e. The molecule has 0 spiro atoms. The van der Waals surface area contributed by atoms with Gasteiger partial charge in [-0.3, -0.25) is 0 Å². The van der Waals surface area contributed by atoms with Gasteiger partial charge in [0.05, 0.1) is 5.69 Å². The van der Waals surface area contributed by atoms with Gasteiger partial charge in [0.1, 0.15) is 5.94 Å². The molecule has 0 aliphatic carbocycles. The van der Waals surface area contributed by atoms with E-state index in [1.165, 1.54) is 12.2 Å². The van der Waals surface area contributed by atoms with Gasteiger partial charge in [0, 0.05) is 6.08 Å². The Morgan fingerprint density at radius 2 is 1.47 bits per heavy atom. The lowest BCUT2D eigenvalue weighted by molar-refractivity contribution is 0.565. The molecule has 0 aliphatic heterocycles. The van der Waals surface area contributed by atoms with Gasteiger partial charge >= 0.3 is 0 Å². The average Bonchev–Trinajstić information content (AvgIpc) is 2.44. The van der Waals surface area contributed by atoms with Crippen LogP contribution in [-0.4, -0.2) is 12.0 Å². The summed E-state index contributed by atoms with van der Waals surface area (Å²) in [5.41, 5.74) is 3.72. The fraction of sp³-hybridized carbons (Fsp3) is 0.0625. The second-order valence-corrected chi connectivity index (χ2v) is 4.05. The number of carbonyl (C=O) groups excluding carboxylic acids is 2. The number of aliphatic imine (C=N–C) groups is 1. The van der Waals surface area contributed by atoms with Crippen LogP contribution in [0, 0.1) is 0 Å². The molecule has 0 saturated heterocycles. The highest BCUT2D eigenvalue weighted by atomic mass is 16.1. The lowest BCUT2D eigenvalue weighted by Gasteiger charge is -2.02. The second-order valence-electron chi connectivity index (χ2n) is 4.05. The SMILES string of the molecule is O=C=Cc1ccc(Cc2ccc(N=C=O)cc2)cc1. The standard InChI is InChI=1S/C16H11NO2/c18-10-9-13-1-3-14(4-2-13)11-15-5-7-16(8-6-15)17-12-19/h1-9H,11H2. The monoisotopic (exact) mass is 249 g/mol. The third-order valence-electron chi connectivity index (χ3n) is 2.72. The van der Waals surface area contributed by atoms with Crippen molar-refractivity contribution in [1.82, 2.24) is 0 Å². The van der Waals surface area contributed by atoms with Crippen LogP contribution >= 0.6 is 0 Å². The molecule has 3 nitrogen and oxygen atoms in total. The zero-order valence-electron chi connectivity index (χ0n) is 10.2. The van der Waals surface area contributed by atoms with Crippen LogP contribution in [0.25, 0.3) is 6.08 Å². The molecule has 92 valence electrons. The maximum atomic E-state index is 10.2. The first kappa shape index (κ1) is 12.7. The summed E-state index contributed by atoms with van der Waals surface area (Å²) in [6.07, 6.45) is 3.70. The van der Waals surface area contributed by atoms with Crippen molar-refractivity contribution in [2.24, 2.45) is 4.99 Å². The third kappa shape index (κ3) is 3.62. The molecule has 0 N–H and O–H groups in total. The highest BCUT2D eigenvalue weighted by Gasteiger charge is 1.97. The Balaban J connectivity index is 2.11. The first-order chi connectivity index (χ1) is 9.31. The molecular weight excluding hydrogens is 238 g/mol. The van der Waals surface area contributed by atoms with E-state index in [1.54, 1.807) is 18.1 Å². The third-order valence-corrected chi connectivity index (χ3v) is 2.72. The molecule has 0 atom stereocenters. The van der Waals surface area contributed by atoms with Crippen LogP contribution in [0.3, 0.4) is 0 Å². The molecule has 2 rings (SSSR count). The Morgan fingerprint density at radius 1 is 0.895 bits per heavy atom. The quantitative estimate of drug-likeness (QED) is 0.475. The number of isocyanates is 1. The molecule has 2 aromatic rings. The van der Waals surface area contributed by atoms with Crippen LogP contribution < -0.4 is 0 Å². The summed E-state index contributed by atoms with van der Waals surface area (Å²) in [5.74, 6) is 1.75. The molecule has 0 radical (unpaired) electrons. The van der Waals surface area contributed by atoms with E-state index in [4.69, 9.17) is 0 Å². The van der Waals surface area contributed by atoms with Crippen molar-refractivity contribution in [2.45, 2.75) is 6.42 Å². The maximum absolute atomic E-state index is 10.2. The summed E-state index contributed by atoms with van der Waals surface area (Å²) < 4.78 is 0. The molecular formula is C16H11NO2. The van der Waals surface area contributed by atoms with Gasteiger partial charge in [0.2, 0.25) is 6.08 Å². The zero-order chi connectivity index (χ0) is 13.5. The van der Waals surface area contributed by atoms with Crippen molar-refractivity contribution in [3.63, 3.8) is 0 Å².